The van der Waals surface area contributed by atoms with E-state index in [-0.39, 0.29) is 18.6 Å². The fraction of sp³-hybridized carbons (Fsp3) is 0.533. The average Bonchev–Trinajstić information content (AvgIpc) is 2.80. The maximum absolute atomic E-state index is 11.8. The summed E-state index contributed by atoms with van der Waals surface area (Å²) in [5, 5.41) is 0. The number of benzene rings is 1. The average molecular weight is 262 g/mol. The first-order chi connectivity index (χ1) is 9.02. The number of rotatable bonds is 4. The predicted molar refractivity (Wildman–Crippen MR) is 74.3 cm³/mol. The lowest BCUT2D eigenvalue weighted by Crippen LogP contribution is -2.28. The van der Waals surface area contributed by atoms with Crippen LogP contribution in [0.5, 0.6) is 0 Å². The quantitative estimate of drug-likeness (QED) is 0.900. The van der Waals surface area contributed by atoms with Crippen LogP contribution >= 0.6 is 0 Å². The molecule has 1 aliphatic heterocycles. The molecule has 0 spiro atoms. The van der Waals surface area contributed by atoms with Crippen molar-refractivity contribution < 1.29 is 9.53 Å². The Labute approximate surface area is 114 Å². The first-order valence-electron chi connectivity index (χ1n) is 6.67. The van der Waals surface area contributed by atoms with E-state index in [2.05, 4.69) is 32.0 Å². The maximum Gasteiger partial charge on any atom is 0.249 e. The van der Waals surface area contributed by atoms with Gasteiger partial charge in [0.05, 0.1) is 0 Å². The van der Waals surface area contributed by atoms with Crippen LogP contribution in [0.4, 0.5) is 0 Å². The predicted octanol–water partition coefficient (Wildman–Crippen LogP) is 1.83. The minimum Gasteiger partial charge on any atom is -0.375 e. The third-order valence-electron chi connectivity index (χ3n) is 3.68. The molecule has 0 radical (unpaired) electrons. The van der Waals surface area contributed by atoms with Crippen molar-refractivity contribution in [2.45, 2.75) is 33.0 Å². The molecule has 4 nitrogen and oxygen atoms in total. The fourth-order valence-electron chi connectivity index (χ4n) is 2.40. The molecule has 0 aromatic heterocycles. The summed E-state index contributed by atoms with van der Waals surface area (Å²) in [6, 6.07) is 6.36. The van der Waals surface area contributed by atoms with E-state index in [1.807, 2.05) is 4.90 Å². The Morgan fingerprint density at radius 3 is 2.68 bits per heavy atom. The Kier molecular flexibility index (Phi) is 4.22. The molecule has 0 bridgehead atoms. The topological polar surface area (TPSA) is 55.6 Å². The summed E-state index contributed by atoms with van der Waals surface area (Å²) in [6.07, 6.45) is 0. The van der Waals surface area contributed by atoms with Crippen LogP contribution in [0.25, 0.3) is 0 Å². The first kappa shape index (κ1) is 14.0. The van der Waals surface area contributed by atoms with Gasteiger partial charge >= 0.3 is 0 Å². The van der Waals surface area contributed by atoms with Crippen molar-refractivity contribution in [2.24, 2.45) is 11.7 Å². The van der Waals surface area contributed by atoms with E-state index in [1.54, 1.807) is 7.11 Å². The number of fused-ring (bicyclic) bond motifs is 1. The molecule has 0 fully saturated rings. The third kappa shape index (κ3) is 2.96. The smallest absolute Gasteiger partial charge is 0.249 e. The van der Waals surface area contributed by atoms with Crippen molar-refractivity contribution in [3.05, 3.63) is 34.9 Å². The van der Waals surface area contributed by atoms with E-state index in [0.717, 1.165) is 5.56 Å². The molecule has 4 heteroatoms. The molecule has 1 amide bonds. The van der Waals surface area contributed by atoms with Crippen molar-refractivity contribution in [1.82, 2.24) is 4.90 Å². The summed E-state index contributed by atoms with van der Waals surface area (Å²) in [5.41, 5.74) is 9.74. The van der Waals surface area contributed by atoms with E-state index in [0.29, 0.717) is 19.0 Å². The summed E-state index contributed by atoms with van der Waals surface area (Å²) < 4.78 is 4.90. The lowest BCUT2D eigenvalue weighted by atomic mass is 9.94. The minimum atomic E-state index is 0.0356. The van der Waals surface area contributed by atoms with Gasteiger partial charge in [0, 0.05) is 26.2 Å². The van der Waals surface area contributed by atoms with Crippen LogP contribution in [0.2, 0.25) is 0 Å². The molecule has 1 atom stereocenters. The molecule has 0 saturated carbocycles. The van der Waals surface area contributed by atoms with E-state index < -0.39 is 0 Å². The number of ether oxygens (including phenoxy) is 1. The molecule has 104 valence electrons. The van der Waals surface area contributed by atoms with Crippen LogP contribution in [0.15, 0.2) is 18.2 Å². The molecule has 0 saturated heterocycles. The molecular formula is C15H22N2O2. The summed E-state index contributed by atoms with van der Waals surface area (Å²) >= 11 is 0. The minimum absolute atomic E-state index is 0.0356. The second-order valence-electron chi connectivity index (χ2n) is 5.48. The Bertz CT molecular complexity index is 471. The highest BCUT2D eigenvalue weighted by Crippen LogP contribution is 2.27. The van der Waals surface area contributed by atoms with Crippen molar-refractivity contribution in [3.8, 4) is 0 Å². The zero-order valence-corrected chi connectivity index (χ0v) is 11.8. The van der Waals surface area contributed by atoms with E-state index >= 15 is 0 Å². The van der Waals surface area contributed by atoms with Crippen LogP contribution in [0, 0.1) is 5.92 Å². The lowest BCUT2D eigenvalue weighted by molar-refractivity contribution is -0.135. The third-order valence-corrected chi connectivity index (χ3v) is 3.68. The second kappa shape index (κ2) is 5.72. The van der Waals surface area contributed by atoms with Gasteiger partial charge in [0.25, 0.3) is 0 Å². The number of nitrogens with zero attached hydrogens (tertiary/aromatic N) is 1. The van der Waals surface area contributed by atoms with Crippen LogP contribution in [0.1, 0.15) is 36.6 Å². The van der Waals surface area contributed by atoms with Gasteiger partial charge in [-0.15, -0.1) is 0 Å². The van der Waals surface area contributed by atoms with Crippen molar-refractivity contribution in [3.63, 3.8) is 0 Å². The number of hydrogen-bond acceptors (Lipinski definition) is 3. The number of carbonyl (C=O) groups excluding carboxylic acids is 1. The SMILES string of the molecule is COCC(=O)N1Cc2ccc(C(N)C(C)C)cc2C1. The summed E-state index contributed by atoms with van der Waals surface area (Å²) in [7, 11) is 1.54. The van der Waals surface area contributed by atoms with E-state index in [1.165, 1.54) is 11.1 Å². The Hall–Kier alpha value is -1.39. The van der Waals surface area contributed by atoms with Gasteiger partial charge < -0.3 is 15.4 Å². The van der Waals surface area contributed by atoms with Crippen LogP contribution in [0.3, 0.4) is 0 Å². The Balaban J connectivity index is 2.14. The zero-order chi connectivity index (χ0) is 14.0. The van der Waals surface area contributed by atoms with Crippen molar-refractivity contribution in [1.29, 1.82) is 0 Å². The zero-order valence-electron chi connectivity index (χ0n) is 11.8. The van der Waals surface area contributed by atoms with Gasteiger partial charge in [0.2, 0.25) is 5.91 Å². The van der Waals surface area contributed by atoms with Gasteiger partial charge in [-0.25, -0.2) is 0 Å². The summed E-state index contributed by atoms with van der Waals surface area (Å²) in [4.78, 5) is 13.6. The van der Waals surface area contributed by atoms with Gasteiger partial charge in [-0.05, 0) is 22.6 Å². The molecule has 1 unspecified atom stereocenters. The van der Waals surface area contributed by atoms with Gasteiger partial charge in [-0.2, -0.15) is 0 Å². The van der Waals surface area contributed by atoms with Crippen molar-refractivity contribution in [2.75, 3.05) is 13.7 Å². The normalized spacial score (nSPS) is 15.7. The van der Waals surface area contributed by atoms with Gasteiger partial charge in [0.15, 0.2) is 0 Å². The molecule has 0 aliphatic carbocycles. The first-order valence-corrected chi connectivity index (χ1v) is 6.67. The van der Waals surface area contributed by atoms with Crippen LogP contribution < -0.4 is 5.73 Å². The lowest BCUT2D eigenvalue weighted by Gasteiger charge is -2.16. The maximum atomic E-state index is 11.8. The molecule has 1 aromatic rings. The van der Waals surface area contributed by atoms with E-state index in [4.69, 9.17) is 10.5 Å². The largest absolute Gasteiger partial charge is 0.375 e. The number of carbonyl (C=O) groups is 1. The molecule has 2 rings (SSSR count). The molecule has 1 aromatic carbocycles. The molecular weight excluding hydrogens is 240 g/mol. The summed E-state index contributed by atoms with van der Waals surface area (Å²) in [5.74, 6) is 0.444. The second-order valence-corrected chi connectivity index (χ2v) is 5.48. The van der Waals surface area contributed by atoms with Crippen molar-refractivity contribution >= 4 is 5.91 Å². The number of nitrogens with two attached hydrogens (primary N) is 1. The number of methoxy groups -OCH3 is 1. The Morgan fingerprint density at radius 1 is 1.37 bits per heavy atom. The fourth-order valence-corrected chi connectivity index (χ4v) is 2.40. The molecule has 19 heavy (non-hydrogen) atoms. The highest BCUT2D eigenvalue weighted by molar-refractivity contribution is 5.78. The molecule has 1 heterocycles. The van der Waals surface area contributed by atoms with Crippen LogP contribution in [-0.2, 0) is 22.6 Å². The highest BCUT2D eigenvalue weighted by Gasteiger charge is 2.24. The standard InChI is InChI=1S/C15H22N2O2/c1-10(2)15(16)11-4-5-12-7-17(8-13(12)6-11)14(18)9-19-3/h4-6,10,15H,7-9,16H2,1-3H3. The number of hydrogen-bond donors (Lipinski definition) is 1. The van der Waals surface area contributed by atoms with Gasteiger partial charge in [-0.3, -0.25) is 4.79 Å². The number of amides is 1. The molecule has 1 aliphatic rings. The van der Waals surface area contributed by atoms with Gasteiger partial charge in [0.1, 0.15) is 6.61 Å². The summed E-state index contributed by atoms with van der Waals surface area (Å²) in [6.45, 7) is 5.72. The monoisotopic (exact) mass is 262 g/mol. The van der Waals surface area contributed by atoms with E-state index in [9.17, 15) is 4.79 Å². The molecule has 2 N–H and O–H groups in total. The highest BCUT2D eigenvalue weighted by atomic mass is 16.5. The van der Waals surface area contributed by atoms with Gasteiger partial charge in [-0.1, -0.05) is 32.0 Å². The van der Waals surface area contributed by atoms with Crippen LogP contribution in [-0.4, -0.2) is 24.5 Å². The Morgan fingerprint density at radius 2 is 2.05 bits per heavy atom.